The maximum Gasteiger partial charge on any atom is 0.314 e. The Morgan fingerprint density at radius 2 is 1.53 bits per heavy atom. The lowest BCUT2D eigenvalue weighted by Crippen LogP contribution is -2.40. The molecule has 0 aromatic heterocycles. The van der Waals surface area contributed by atoms with Crippen LogP contribution in [0.5, 0.6) is 0 Å². The Balaban J connectivity index is 1.90. The molecule has 5 atom stereocenters. The molecular weight excluding hydrogens is 598 g/mol. The fourth-order valence-electron chi connectivity index (χ4n) is 5.64. The number of ether oxygens (including phenoxy) is 4. The van der Waals surface area contributed by atoms with Crippen molar-refractivity contribution in [2.24, 2.45) is 11.3 Å². The zero-order chi connectivity index (χ0) is 34.5. The average molecular weight is 654 g/mol. The maximum atomic E-state index is 13.7. The summed E-state index contributed by atoms with van der Waals surface area (Å²) in [5.41, 5.74) is 2.09. The molecule has 260 valence electrons. The lowest BCUT2D eigenvalue weighted by molar-refractivity contribution is -0.156. The van der Waals surface area contributed by atoms with E-state index in [-0.39, 0.29) is 55.6 Å². The molecule has 3 N–H and O–H groups in total. The smallest absolute Gasteiger partial charge is 0.314 e. The summed E-state index contributed by atoms with van der Waals surface area (Å²) in [6.07, 6.45) is 2.06. The number of amides is 2. The van der Waals surface area contributed by atoms with Crippen molar-refractivity contribution in [3.63, 3.8) is 0 Å². The number of nitriles is 1. The van der Waals surface area contributed by atoms with Gasteiger partial charge in [-0.1, -0.05) is 68.4 Å². The number of benzene rings is 2. The molecule has 0 saturated heterocycles. The van der Waals surface area contributed by atoms with E-state index in [2.05, 4.69) is 42.7 Å². The maximum absolute atomic E-state index is 13.7. The van der Waals surface area contributed by atoms with Gasteiger partial charge < -0.3 is 34.7 Å². The summed E-state index contributed by atoms with van der Waals surface area (Å²) in [5.74, 6) is -0.583. The molecule has 2 rings (SSSR count). The number of rotatable bonds is 23. The van der Waals surface area contributed by atoms with Crippen molar-refractivity contribution in [1.29, 1.82) is 5.26 Å². The quantitative estimate of drug-likeness (QED) is 0.103. The summed E-state index contributed by atoms with van der Waals surface area (Å²) in [7, 11) is 1.62. The number of nitrogens with one attached hydrogen (secondary N) is 2. The number of aliphatic hydroxyl groups excluding tert-OH is 1. The largest absolute Gasteiger partial charge is 0.463 e. The molecule has 0 fully saturated rings. The minimum Gasteiger partial charge on any atom is -0.463 e. The van der Waals surface area contributed by atoms with Crippen molar-refractivity contribution in [2.45, 2.75) is 77.9 Å². The van der Waals surface area contributed by atoms with Gasteiger partial charge in [0.25, 0.3) is 0 Å². The van der Waals surface area contributed by atoms with Gasteiger partial charge in [0.05, 0.1) is 57.2 Å². The molecule has 10 nitrogen and oxygen atoms in total. The van der Waals surface area contributed by atoms with E-state index >= 15 is 0 Å². The van der Waals surface area contributed by atoms with Crippen LogP contribution in [0.2, 0.25) is 0 Å². The summed E-state index contributed by atoms with van der Waals surface area (Å²) in [4.78, 5) is 26.0. The first-order chi connectivity index (χ1) is 22.6. The predicted molar refractivity (Wildman–Crippen MR) is 182 cm³/mol. The zero-order valence-electron chi connectivity index (χ0n) is 28.8. The first-order valence-electron chi connectivity index (χ1n) is 16.6. The number of methoxy groups -OCH3 is 1. The number of urea groups is 1. The van der Waals surface area contributed by atoms with Crippen LogP contribution >= 0.6 is 0 Å². The van der Waals surface area contributed by atoms with E-state index in [0.29, 0.717) is 58.7 Å². The van der Waals surface area contributed by atoms with Crippen LogP contribution in [0.4, 0.5) is 4.79 Å². The number of nitrogens with zero attached hydrogens (tertiary/aromatic N) is 1. The van der Waals surface area contributed by atoms with Crippen LogP contribution < -0.4 is 10.6 Å². The Morgan fingerprint density at radius 1 is 0.872 bits per heavy atom. The normalized spacial score (nSPS) is 15.0. The summed E-state index contributed by atoms with van der Waals surface area (Å²) in [6.45, 7) is 10.6. The topological polar surface area (TPSA) is 139 Å². The van der Waals surface area contributed by atoms with Gasteiger partial charge in [0.15, 0.2) is 0 Å². The van der Waals surface area contributed by atoms with Crippen LogP contribution in [0.15, 0.2) is 54.6 Å². The number of hydrogen-bond donors (Lipinski definition) is 3. The minimum absolute atomic E-state index is 0.00430. The highest BCUT2D eigenvalue weighted by Gasteiger charge is 2.39. The molecule has 0 spiro atoms. The van der Waals surface area contributed by atoms with E-state index in [1.807, 2.05) is 56.3 Å². The minimum atomic E-state index is -0.931. The number of hydrogen-bond acceptors (Lipinski definition) is 8. The standard InChI is InChI=1S/C37H55N3O7/c1-28(33-9-7-6-8-10-33)23-32(26-38)25-37(4,24-29(2)34-13-11-31(27-41)12-14-34)35(42)47-18-17-40-36(43)39-16-15-30(3)46-22-21-45-20-19-44-5/h6-14,28-30,32,41H,15-25,27H2,1-5H3,(H2,39,40,43). The second kappa shape index (κ2) is 22.1. The van der Waals surface area contributed by atoms with Crippen molar-refractivity contribution >= 4 is 12.0 Å². The van der Waals surface area contributed by atoms with Crippen molar-refractivity contribution in [1.82, 2.24) is 10.6 Å². The van der Waals surface area contributed by atoms with Gasteiger partial charge in [0.2, 0.25) is 0 Å². The second-order valence-electron chi connectivity index (χ2n) is 12.5. The van der Waals surface area contributed by atoms with Crippen LogP contribution in [-0.2, 0) is 30.3 Å². The van der Waals surface area contributed by atoms with E-state index in [9.17, 15) is 20.0 Å². The second-order valence-corrected chi connectivity index (χ2v) is 12.5. The van der Waals surface area contributed by atoms with Crippen LogP contribution in [0.3, 0.4) is 0 Å². The first-order valence-corrected chi connectivity index (χ1v) is 16.6. The van der Waals surface area contributed by atoms with E-state index < -0.39 is 5.41 Å². The Labute approximate surface area is 281 Å². The lowest BCUT2D eigenvalue weighted by atomic mass is 9.72. The predicted octanol–water partition coefficient (Wildman–Crippen LogP) is 5.70. The fourth-order valence-corrected chi connectivity index (χ4v) is 5.64. The van der Waals surface area contributed by atoms with Crippen molar-refractivity contribution in [3.05, 3.63) is 71.3 Å². The molecule has 10 heteroatoms. The SMILES string of the molecule is COCCOCCOC(C)CCNC(=O)NCCOC(=O)C(C)(CC(C#N)CC(C)c1ccccc1)CC(C)c1ccc(CO)cc1. The lowest BCUT2D eigenvalue weighted by Gasteiger charge is -2.32. The summed E-state index contributed by atoms with van der Waals surface area (Å²) in [5, 5.41) is 25.1. The summed E-state index contributed by atoms with van der Waals surface area (Å²) < 4.78 is 21.7. The zero-order valence-corrected chi connectivity index (χ0v) is 28.8. The van der Waals surface area contributed by atoms with Gasteiger partial charge in [-0.15, -0.1) is 0 Å². The summed E-state index contributed by atoms with van der Waals surface area (Å²) >= 11 is 0. The molecule has 2 aromatic carbocycles. The van der Waals surface area contributed by atoms with E-state index in [1.165, 1.54) is 0 Å². The van der Waals surface area contributed by atoms with Crippen molar-refractivity contribution < 1.29 is 33.6 Å². The molecule has 0 bridgehead atoms. The molecule has 0 heterocycles. The number of esters is 1. The Morgan fingerprint density at radius 3 is 2.19 bits per heavy atom. The van der Waals surface area contributed by atoms with Crippen LogP contribution in [-0.4, -0.2) is 76.4 Å². The van der Waals surface area contributed by atoms with Gasteiger partial charge in [-0.25, -0.2) is 4.79 Å². The van der Waals surface area contributed by atoms with Crippen molar-refractivity contribution in [2.75, 3.05) is 53.2 Å². The highest BCUT2D eigenvalue weighted by molar-refractivity contribution is 5.77. The third-order valence-electron chi connectivity index (χ3n) is 8.39. The number of carbonyl (C=O) groups is 2. The average Bonchev–Trinajstić information content (AvgIpc) is 3.08. The number of aliphatic hydroxyl groups is 1. The van der Waals surface area contributed by atoms with Crippen molar-refractivity contribution in [3.8, 4) is 6.07 Å². The molecule has 2 amide bonds. The molecule has 2 aromatic rings. The van der Waals surface area contributed by atoms with Gasteiger partial charge in [-0.2, -0.15) is 5.26 Å². The Bertz CT molecular complexity index is 1200. The Kier molecular flexibility index (Phi) is 18.7. The van der Waals surface area contributed by atoms with E-state index in [0.717, 1.165) is 16.7 Å². The number of carbonyl (C=O) groups excluding carboxylic acids is 2. The highest BCUT2D eigenvalue weighted by atomic mass is 16.5. The van der Waals surface area contributed by atoms with Gasteiger partial charge in [0.1, 0.15) is 6.61 Å². The third kappa shape index (κ3) is 15.3. The van der Waals surface area contributed by atoms with Gasteiger partial charge >= 0.3 is 12.0 Å². The van der Waals surface area contributed by atoms with Gasteiger partial charge in [-0.05, 0) is 68.1 Å². The molecule has 0 radical (unpaired) electrons. The Hall–Kier alpha value is -3.49. The molecule has 0 aliphatic carbocycles. The van der Waals surface area contributed by atoms with Crippen LogP contribution in [0, 0.1) is 22.7 Å². The van der Waals surface area contributed by atoms with Gasteiger partial charge in [0, 0.05) is 19.6 Å². The molecule has 5 unspecified atom stereocenters. The highest BCUT2D eigenvalue weighted by Crippen LogP contribution is 2.40. The van der Waals surface area contributed by atoms with Crippen LogP contribution in [0.25, 0.3) is 0 Å². The fraction of sp³-hybridized carbons (Fsp3) is 0.595. The molecule has 0 saturated carbocycles. The molecule has 0 aliphatic rings. The monoisotopic (exact) mass is 653 g/mol. The van der Waals surface area contributed by atoms with Crippen LogP contribution in [0.1, 0.15) is 81.9 Å². The molecule has 47 heavy (non-hydrogen) atoms. The van der Waals surface area contributed by atoms with E-state index in [1.54, 1.807) is 7.11 Å². The molecule has 0 aliphatic heterocycles. The molecular formula is C37H55N3O7. The summed E-state index contributed by atoms with van der Waals surface area (Å²) in [6, 6.07) is 19.9. The van der Waals surface area contributed by atoms with Gasteiger partial charge in [-0.3, -0.25) is 4.79 Å². The van der Waals surface area contributed by atoms with E-state index in [4.69, 9.17) is 18.9 Å². The third-order valence-corrected chi connectivity index (χ3v) is 8.39. The first kappa shape index (κ1) is 39.7.